The highest BCUT2D eigenvalue weighted by molar-refractivity contribution is 5.75. The van der Waals surface area contributed by atoms with E-state index in [2.05, 4.69) is 15.1 Å². The largest absolute Gasteiger partial charge is 0.358 e. The van der Waals surface area contributed by atoms with Crippen molar-refractivity contribution in [2.75, 3.05) is 0 Å². The van der Waals surface area contributed by atoms with E-state index >= 15 is 0 Å². The number of hydrogen-bond donors (Lipinski definition) is 1. The first-order valence-electron chi connectivity index (χ1n) is 5.52. The fourth-order valence-corrected chi connectivity index (χ4v) is 1.68. The molecule has 0 saturated heterocycles. The van der Waals surface area contributed by atoms with Crippen LogP contribution in [0.2, 0.25) is 0 Å². The van der Waals surface area contributed by atoms with Gasteiger partial charge in [-0.3, -0.25) is 4.79 Å². The Labute approximate surface area is 92.9 Å². The third-order valence-corrected chi connectivity index (χ3v) is 2.44. The van der Waals surface area contributed by atoms with Gasteiger partial charge in [-0.2, -0.15) is 0 Å². The lowest BCUT2D eigenvalue weighted by Gasteiger charge is -1.99. The van der Waals surface area contributed by atoms with Gasteiger partial charge < -0.3 is 9.51 Å². The van der Waals surface area contributed by atoms with E-state index in [0.29, 0.717) is 22.6 Å². The Morgan fingerprint density at radius 3 is 2.81 bits per heavy atom. The number of hydrogen-bond acceptors (Lipinski definition) is 4. The smallest absolute Gasteiger partial charge is 0.264 e. The maximum Gasteiger partial charge on any atom is 0.264 e. The second-order valence-electron chi connectivity index (χ2n) is 4.16. The van der Waals surface area contributed by atoms with Gasteiger partial charge in [-0.15, -0.1) is 0 Å². The van der Waals surface area contributed by atoms with E-state index in [9.17, 15) is 4.79 Å². The maximum absolute atomic E-state index is 11.9. The van der Waals surface area contributed by atoms with Crippen LogP contribution in [0, 0.1) is 0 Å². The van der Waals surface area contributed by atoms with Crippen LogP contribution >= 0.6 is 0 Å². The summed E-state index contributed by atoms with van der Waals surface area (Å²) in [5, 5.41) is 4.32. The first-order valence-corrected chi connectivity index (χ1v) is 5.52. The molecule has 2 aromatic heterocycles. The summed E-state index contributed by atoms with van der Waals surface area (Å²) in [5.74, 6) is 1.40. The normalized spacial score (nSPS) is 11.5. The molecule has 0 amide bonds. The van der Waals surface area contributed by atoms with Crippen molar-refractivity contribution < 1.29 is 4.52 Å². The molecule has 2 rings (SSSR count). The molecule has 0 saturated carbocycles. The zero-order valence-corrected chi connectivity index (χ0v) is 9.70. The van der Waals surface area contributed by atoms with Crippen molar-refractivity contribution in [2.45, 2.75) is 39.5 Å². The molecule has 0 aliphatic rings. The van der Waals surface area contributed by atoms with Crippen molar-refractivity contribution in [3.8, 4) is 0 Å². The van der Waals surface area contributed by atoms with Crippen molar-refractivity contribution >= 4 is 11.0 Å². The molecule has 0 aliphatic carbocycles. The number of aromatic nitrogens is 3. The molecule has 0 radical (unpaired) electrons. The fourth-order valence-electron chi connectivity index (χ4n) is 1.68. The highest BCUT2D eigenvalue weighted by Crippen LogP contribution is 2.20. The third kappa shape index (κ3) is 1.73. The molecule has 1 N–H and O–H groups in total. The predicted molar refractivity (Wildman–Crippen MR) is 60.5 cm³/mol. The number of rotatable bonds is 3. The Bertz CT molecular complexity index is 554. The monoisotopic (exact) mass is 221 g/mol. The van der Waals surface area contributed by atoms with E-state index in [1.165, 1.54) is 0 Å². The molecule has 0 atom stereocenters. The number of aryl methyl sites for hydroxylation is 1. The van der Waals surface area contributed by atoms with Gasteiger partial charge in [-0.1, -0.05) is 25.9 Å². The standard InChI is InChI=1S/C11H15N3O2/c1-4-5-7-12-10-8(11(15)13-7)9(6(2)3)16-14-10/h6H,4-5H2,1-3H3,(H,12,13,14,15). The lowest BCUT2D eigenvalue weighted by Crippen LogP contribution is -2.12. The van der Waals surface area contributed by atoms with E-state index in [1.54, 1.807) is 0 Å². The van der Waals surface area contributed by atoms with Gasteiger partial charge in [0.25, 0.3) is 5.56 Å². The average Bonchev–Trinajstić information content (AvgIpc) is 2.62. The molecular formula is C11H15N3O2. The van der Waals surface area contributed by atoms with Gasteiger partial charge in [0.2, 0.25) is 5.65 Å². The summed E-state index contributed by atoms with van der Waals surface area (Å²) in [6.45, 7) is 5.95. The molecule has 5 nitrogen and oxygen atoms in total. The second kappa shape index (κ2) is 4.08. The summed E-state index contributed by atoms with van der Waals surface area (Å²) in [6.07, 6.45) is 1.68. The Hall–Kier alpha value is -1.65. The van der Waals surface area contributed by atoms with Crippen LogP contribution in [-0.2, 0) is 6.42 Å². The number of nitrogens with one attached hydrogen (secondary N) is 1. The lowest BCUT2D eigenvalue weighted by atomic mass is 10.1. The van der Waals surface area contributed by atoms with E-state index in [4.69, 9.17) is 4.52 Å². The van der Waals surface area contributed by atoms with Gasteiger partial charge in [0.05, 0.1) is 0 Å². The van der Waals surface area contributed by atoms with Crippen LogP contribution in [0.5, 0.6) is 0 Å². The minimum Gasteiger partial charge on any atom is -0.358 e. The zero-order valence-electron chi connectivity index (χ0n) is 9.70. The van der Waals surface area contributed by atoms with Gasteiger partial charge in [0.1, 0.15) is 11.2 Å². The Morgan fingerprint density at radius 1 is 1.44 bits per heavy atom. The van der Waals surface area contributed by atoms with Gasteiger partial charge >= 0.3 is 0 Å². The number of nitrogens with zero attached hydrogens (tertiary/aromatic N) is 2. The predicted octanol–water partition coefficient (Wildman–Crippen LogP) is 1.99. The van der Waals surface area contributed by atoms with Crippen molar-refractivity contribution in [3.63, 3.8) is 0 Å². The average molecular weight is 221 g/mol. The molecule has 0 aliphatic heterocycles. The van der Waals surface area contributed by atoms with Crippen molar-refractivity contribution in [2.24, 2.45) is 0 Å². The molecule has 5 heteroatoms. The summed E-state index contributed by atoms with van der Waals surface area (Å²) in [6, 6.07) is 0. The van der Waals surface area contributed by atoms with Crippen LogP contribution in [0.3, 0.4) is 0 Å². The first kappa shape index (κ1) is 10.9. The van der Waals surface area contributed by atoms with Crippen LogP contribution < -0.4 is 5.56 Å². The van der Waals surface area contributed by atoms with Gasteiger partial charge in [0, 0.05) is 12.3 Å². The summed E-state index contributed by atoms with van der Waals surface area (Å²) in [7, 11) is 0. The summed E-state index contributed by atoms with van der Waals surface area (Å²) in [5.41, 5.74) is 0.259. The maximum atomic E-state index is 11.9. The molecule has 2 heterocycles. The van der Waals surface area contributed by atoms with Gasteiger partial charge in [0.15, 0.2) is 5.76 Å². The molecule has 0 aromatic carbocycles. The molecule has 0 bridgehead atoms. The topological polar surface area (TPSA) is 71.8 Å². The van der Waals surface area contributed by atoms with Gasteiger partial charge in [-0.05, 0) is 6.42 Å². The van der Waals surface area contributed by atoms with E-state index in [1.807, 2.05) is 20.8 Å². The summed E-state index contributed by atoms with van der Waals surface area (Å²) < 4.78 is 5.16. The highest BCUT2D eigenvalue weighted by Gasteiger charge is 2.17. The first-order chi connectivity index (χ1) is 7.63. The SMILES string of the molecule is CCCc1nc2noc(C(C)C)c2c(=O)[nH]1. The molecule has 2 aromatic rings. The van der Waals surface area contributed by atoms with Crippen molar-refractivity contribution in [1.29, 1.82) is 0 Å². The molecule has 86 valence electrons. The summed E-state index contributed by atoms with van der Waals surface area (Å²) >= 11 is 0. The van der Waals surface area contributed by atoms with Crippen molar-refractivity contribution in [3.05, 3.63) is 21.9 Å². The minimum atomic E-state index is -0.154. The second-order valence-corrected chi connectivity index (χ2v) is 4.16. The Morgan fingerprint density at radius 2 is 2.19 bits per heavy atom. The van der Waals surface area contributed by atoms with Crippen molar-refractivity contribution in [1.82, 2.24) is 15.1 Å². The number of H-pyrrole nitrogens is 1. The molecule has 16 heavy (non-hydrogen) atoms. The third-order valence-electron chi connectivity index (χ3n) is 2.44. The quantitative estimate of drug-likeness (QED) is 0.860. The van der Waals surface area contributed by atoms with Gasteiger partial charge in [-0.25, -0.2) is 4.98 Å². The molecule has 0 unspecified atom stereocenters. The molecule has 0 spiro atoms. The van der Waals surface area contributed by atoms with Crippen LogP contribution in [0.1, 0.15) is 44.7 Å². The Kier molecular flexibility index (Phi) is 2.77. The fraction of sp³-hybridized carbons (Fsp3) is 0.545. The highest BCUT2D eigenvalue weighted by atomic mass is 16.5. The lowest BCUT2D eigenvalue weighted by molar-refractivity contribution is 0.377. The van der Waals surface area contributed by atoms with Crippen LogP contribution in [0.4, 0.5) is 0 Å². The van der Waals surface area contributed by atoms with Crippen LogP contribution in [0.25, 0.3) is 11.0 Å². The van der Waals surface area contributed by atoms with E-state index < -0.39 is 0 Å². The number of aromatic amines is 1. The zero-order chi connectivity index (χ0) is 11.7. The van der Waals surface area contributed by atoms with Crippen LogP contribution in [0.15, 0.2) is 9.32 Å². The van der Waals surface area contributed by atoms with E-state index in [-0.39, 0.29) is 11.5 Å². The van der Waals surface area contributed by atoms with Crippen LogP contribution in [-0.4, -0.2) is 15.1 Å². The summed E-state index contributed by atoms with van der Waals surface area (Å²) in [4.78, 5) is 18.9. The minimum absolute atomic E-state index is 0.130. The molecule has 0 fully saturated rings. The van der Waals surface area contributed by atoms with E-state index in [0.717, 1.165) is 12.8 Å². The number of fused-ring (bicyclic) bond motifs is 1. The Balaban J connectivity index is 2.64. The molecular weight excluding hydrogens is 206 g/mol.